The minimum Gasteiger partial charge on any atom is -0.436 e. The van der Waals surface area contributed by atoms with Crippen LogP contribution in [0.5, 0.6) is 0 Å². The molecule has 1 aromatic heterocycles. The van der Waals surface area contributed by atoms with Crippen LogP contribution in [0.25, 0.3) is 22.6 Å². The number of para-hydroxylation sites is 2. The molecule has 23 heavy (non-hydrogen) atoms. The number of fused-ring (bicyclic) bond motifs is 1. The van der Waals surface area contributed by atoms with E-state index in [9.17, 15) is 18.0 Å². The van der Waals surface area contributed by atoms with E-state index >= 15 is 0 Å². The zero-order valence-electron chi connectivity index (χ0n) is 12.0. The number of nitrogens with zero attached hydrogens (tertiary/aromatic N) is 2. The molecule has 0 aliphatic rings. The zero-order valence-corrected chi connectivity index (χ0v) is 12.0. The lowest BCUT2D eigenvalue weighted by Crippen LogP contribution is -2.38. The predicted molar refractivity (Wildman–Crippen MR) is 78.9 cm³/mol. The Morgan fingerprint density at radius 2 is 1.87 bits per heavy atom. The van der Waals surface area contributed by atoms with Crippen LogP contribution in [0.1, 0.15) is 0 Å². The molecule has 3 rings (SSSR count). The van der Waals surface area contributed by atoms with E-state index in [1.54, 1.807) is 36.4 Å². The average Bonchev–Trinajstić information content (AvgIpc) is 2.97. The van der Waals surface area contributed by atoms with Gasteiger partial charge in [0.25, 0.3) is 0 Å². The van der Waals surface area contributed by atoms with Crippen molar-refractivity contribution in [3.63, 3.8) is 0 Å². The Morgan fingerprint density at radius 3 is 2.57 bits per heavy atom. The molecule has 1 amide bonds. The van der Waals surface area contributed by atoms with Gasteiger partial charge >= 0.3 is 12.1 Å². The van der Waals surface area contributed by atoms with E-state index in [0.29, 0.717) is 21.6 Å². The lowest BCUT2D eigenvalue weighted by atomic mass is 10.2. The highest BCUT2D eigenvalue weighted by molar-refractivity contribution is 5.97. The Morgan fingerprint density at radius 1 is 1.13 bits per heavy atom. The van der Waals surface area contributed by atoms with Crippen molar-refractivity contribution in [1.29, 1.82) is 0 Å². The predicted octanol–water partition coefficient (Wildman–Crippen LogP) is 4.02. The normalized spacial score (nSPS) is 11.7. The highest BCUT2D eigenvalue weighted by atomic mass is 19.4. The SMILES string of the molecule is CN(C(=O)C(F)(F)F)c1cccc(-c2nc3ccccc3o2)c1. The Balaban J connectivity index is 1.98. The largest absolute Gasteiger partial charge is 0.471 e. The van der Waals surface area contributed by atoms with Crippen molar-refractivity contribution in [3.05, 3.63) is 48.5 Å². The number of amides is 1. The van der Waals surface area contributed by atoms with Crippen molar-refractivity contribution in [2.45, 2.75) is 6.18 Å². The number of hydrogen-bond donors (Lipinski definition) is 0. The van der Waals surface area contributed by atoms with Gasteiger partial charge in [0.15, 0.2) is 5.58 Å². The van der Waals surface area contributed by atoms with Crippen molar-refractivity contribution in [2.24, 2.45) is 0 Å². The third-order valence-corrected chi connectivity index (χ3v) is 3.32. The Kier molecular flexibility index (Phi) is 3.55. The molecule has 0 aliphatic heterocycles. The number of aromatic nitrogens is 1. The van der Waals surface area contributed by atoms with Gasteiger partial charge in [-0.05, 0) is 30.3 Å². The molecule has 2 aromatic carbocycles. The molecular weight excluding hydrogens is 309 g/mol. The van der Waals surface area contributed by atoms with Crippen LogP contribution in [0.3, 0.4) is 0 Å². The van der Waals surface area contributed by atoms with Crippen LogP contribution in [-0.4, -0.2) is 24.1 Å². The average molecular weight is 320 g/mol. The maximum Gasteiger partial charge on any atom is 0.471 e. The maximum atomic E-state index is 12.5. The molecule has 0 spiro atoms. The number of benzene rings is 2. The molecule has 0 saturated carbocycles. The Hall–Kier alpha value is -2.83. The molecule has 0 aliphatic carbocycles. The van der Waals surface area contributed by atoms with Crippen LogP contribution in [0.15, 0.2) is 52.9 Å². The molecular formula is C16H11F3N2O2. The highest BCUT2D eigenvalue weighted by Crippen LogP contribution is 2.28. The quantitative estimate of drug-likeness (QED) is 0.716. The first-order valence-corrected chi connectivity index (χ1v) is 6.67. The second kappa shape index (κ2) is 5.42. The van der Waals surface area contributed by atoms with Gasteiger partial charge < -0.3 is 9.32 Å². The summed E-state index contributed by atoms with van der Waals surface area (Å²) in [7, 11) is 1.07. The second-order valence-electron chi connectivity index (χ2n) is 4.90. The lowest BCUT2D eigenvalue weighted by Gasteiger charge is -2.19. The minimum absolute atomic E-state index is 0.104. The summed E-state index contributed by atoms with van der Waals surface area (Å²) in [5.74, 6) is -1.66. The molecule has 0 N–H and O–H groups in total. The van der Waals surface area contributed by atoms with Gasteiger partial charge in [-0.25, -0.2) is 4.98 Å². The molecule has 0 bridgehead atoms. The van der Waals surface area contributed by atoms with Crippen LogP contribution in [0.4, 0.5) is 18.9 Å². The Labute approximate surface area is 129 Å². The first-order valence-electron chi connectivity index (χ1n) is 6.67. The minimum atomic E-state index is -4.93. The van der Waals surface area contributed by atoms with Crippen molar-refractivity contribution in [3.8, 4) is 11.5 Å². The van der Waals surface area contributed by atoms with Crippen molar-refractivity contribution in [1.82, 2.24) is 4.98 Å². The van der Waals surface area contributed by atoms with Crippen LogP contribution in [-0.2, 0) is 4.79 Å². The third kappa shape index (κ3) is 2.90. The lowest BCUT2D eigenvalue weighted by molar-refractivity contribution is -0.170. The number of halogens is 3. The summed E-state index contributed by atoms with van der Waals surface area (Å²) in [6.07, 6.45) is -4.93. The molecule has 0 fully saturated rings. The number of alkyl halides is 3. The number of rotatable bonds is 2. The standard InChI is InChI=1S/C16H11F3N2O2/c1-21(15(22)16(17,18)19)11-6-4-5-10(9-11)14-20-12-7-2-3-8-13(12)23-14/h2-9H,1H3. The number of hydrogen-bond acceptors (Lipinski definition) is 3. The van der Waals surface area contributed by atoms with Crippen molar-refractivity contribution in [2.75, 3.05) is 11.9 Å². The number of anilines is 1. The van der Waals surface area contributed by atoms with E-state index in [1.807, 2.05) is 0 Å². The summed E-state index contributed by atoms with van der Waals surface area (Å²) < 4.78 is 43.2. The molecule has 0 atom stereocenters. The number of oxazole rings is 1. The molecule has 4 nitrogen and oxygen atoms in total. The van der Waals surface area contributed by atoms with Gasteiger partial charge in [-0.3, -0.25) is 4.79 Å². The summed E-state index contributed by atoms with van der Waals surface area (Å²) in [6.45, 7) is 0. The number of carbonyl (C=O) groups excluding carboxylic acids is 1. The molecule has 0 unspecified atom stereocenters. The monoisotopic (exact) mass is 320 g/mol. The van der Waals surface area contributed by atoms with Gasteiger partial charge in [-0.1, -0.05) is 18.2 Å². The smallest absolute Gasteiger partial charge is 0.436 e. The van der Waals surface area contributed by atoms with E-state index in [0.717, 1.165) is 7.05 Å². The van der Waals surface area contributed by atoms with Crippen LogP contribution < -0.4 is 4.90 Å². The van der Waals surface area contributed by atoms with E-state index < -0.39 is 12.1 Å². The van der Waals surface area contributed by atoms with Gasteiger partial charge in [-0.15, -0.1) is 0 Å². The highest BCUT2D eigenvalue weighted by Gasteiger charge is 2.41. The molecule has 3 aromatic rings. The van der Waals surface area contributed by atoms with Gasteiger partial charge in [0.1, 0.15) is 5.52 Å². The summed E-state index contributed by atoms with van der Waals surface area (Å²) >= 11 is 0. The molecule has 118 valence electrons. The second-order valence-corrected chi connectivity index (χ2v) is 4.90. The Bertz CT molecular complexity index is 838. The summed E-state index contributed by atoms with van der Waals surface area (Å²) in [6, 6.07) is 13.1. The van der Waals surface area contributed by atoms with Gasteiger partial charge in [0, 0.05) is 18.3 Å². The molecule has 7 heteroatoms. The van der Waals surface area contributed by atoms with Gasteiger partial charge in [0.2, 0.25) is 5.89 Å². The fraction of sp³-hybridized carbons (Fsp3) is 0.125. The molecule has 1 heterocycles. The summed E-state index contributed by atoms with van der Waals surface area (Å²) in [5.41, 5.74) is 1.81. The fourth-order valence-corrected chi connectivity index (χ4v) is 2.15. The summed E-state index contributed by atoms with van der Waals surface area (Å²) in [5, 5.41) is 0. The van der Waals surface area contributed by atoms with Gasteiger partial charge in [-0.2, -0.15) is 13.2 Å². The van der Waals surface area contributed by atoms with Crippen LogP contribution in [0.2, 0.25) is 0 Å². The number of carbonyl (C=O) groups is 1. The van der Waals surface area contributed by atoms with Crippen molar-refractivity contribution >= 4 is 22.7 Å². The summed E-state index contributed by atoms with van der Waals surface area (Å²) in [4.78, 5) is 16.1. The third-order valence-electron chi connectivity index (χ3n) is 3.32. The van der Waals surface area contributed by atoms with Crippen molar-refractivity contribution < 1.29 is 22.4 Å². The van der Waals surface area contributed by atoms with E-state index in [1.165, 1.54) is 12.1 Å². The molecule has 0 saturated heterocycles. The zero-order chi connectivity index (χ0) is 16.6. The van der Waals surface area contributed by atoms with Crippen LogP contribution >= 0.6 is 0 Å². The molecule has 0 radical (unpaired) electrons. The topological polar surface area (TPSA) is 46.3 Å². The van der Waals surface area contributed by atoms with E-state index in [-0.39, 0.29) is 11.6 Å². The maximum absolute atomic E-state index is 12.5. The fourth-order valence-electron chi connectivity index (χ4n) is 2.15. The van der Waals surface area contributed by atoms with Crippen LogP contribution in [0, 0.1) is 0 Å². The first kappa shape index (κ1) is 15.1. The van der Waals surface area contributed by atoms with Gasteiger partial charge in [0.05, 0.1) is 0 Å². The first-order chi connectivity index (χ1) is 10.9. The van der Waals surface area contributed by atoms with E-state index in [2.05, 4.69) is 4.98 Å². The van der Waals surface area contributed by atoms with E-state index in [4.69, 9.17) is 4.42 Å².